The van der Waals surface area contributed by atoms with E-state index < -0.39 is 5.54 Å². The predicted molar refractivity (Wildman–Crippen MR) is 152 cm³/mol. The Balaban J connectivity index is 0.00000294. The lowest BCUT2D eigenvalue weighted by Gasteiger charge is -2.34. The molecule has 0 bridgehead atoms. The lowest BCUT2D eigenvalue weighted by atomic mass is 9.94. The Kier molecular flexibility index (Phi) is 6.77. The smallest absolute Gasteiger partial charge is 0.318 e. The predicted octanol–water partition coefficient (Wildman–Crippen LogP) is 3.62. The number of aromatic nitrogens is 3. The van der Waals surface area contributed by atoms with Crippen molar-refractivity contribution in [1.82, 2.24) is 25.2 Å². The summed E-state index contributed by atoms with van der Waals surface area (Å²) >= 11 is 0. The van der Waals surface area contributed by atoms with Crippen LogP contribution in [0.5, 0.6) is 0 Å². The first kappa shape index (κ1) is 26.0. The molecule has 1 saturated carbocycles. The number of nitrogens with zero attached hydrogens (tertiary/aromatic N) is 7. The molecule has 3 aliphatic heterocycles. The van der Waals surface area contributed by atoms with E-state index in [0.717, 1.165) is 37.0 Å². The first-order chi connectivity index (χ1) is 17.8. The maximum absolute atomic E-state index is 13.3. The van der Waals surface area contributed by atoms with E-state index >= 15 is 0 Å². The van der Waals surface area contributed by atoms with E-state index in [0.29, 0.717) is 42.6 Å². The van der Waals surface area contributed by atoms with Gasteiger partial charge in [-0.3, -0.25) is 14.7 Å². The molecule has 11 heteroatoms. The van der Waals surface area contributed by atoms with E-state index in [-0.39, 0.29) is 31.7 Å². The van der Waals surface area contributed by atoms with Gasteiger partial charge in [-0.15, -0.1) is 0 Å². The molecule has 0 spiro atoms. The summed E-state index contributed by atoms with van der Waals surface area (Å²) in [5.74, 6) is 2.60. The van der Waals surface area contributed by atoms with E-state index in [9.17, 15) is 4.79 Å². The third-order valence-electron chi connectivity index (χ3n) is 7.94. The zero-order valence-electron chi connectivity index (χ0n) is 21.9. The van der Waals surface area contributed by atoms with E-state index in [1.807, 2.05) is 34.9 Å². The third-order valence-corrected chi connectivity index (χ3v) is 7.94. The third kappa shape index (κ3) is 4.58. The molecule has 1 aromatic heterocycles. The lowest BCUT2D eigenvalue weighted by Crippen LogP contribution is -2.51. The van der Waals surface area contributed by atoms with Crippen molar-refractivity contribution in [2.45, 2.75) is 63.7 Å². The molecule has 2 unspecified atom stereocenters. The second kappa shape index (κ2) is 9.91. The molecule has 2 amide bonds. The molecule has 1 saturated heterocycles. The largest absolute Gasteiger partial charge is 0.335 e. The Morgan fingerprint density at radius 2 is 1.97 bits per heavy atom. The van der Waals surface area contributed by atoms with Crippen LogP contribution < -0.4 is 15.5 Å². The van der Waals surface area contributed by atoms with Gasteiger partial charge in [-0.2, -0.15) is 28.4 Å². The van der Waals surface area contributed by atoms with E-state index in [1.54, 1.807) is 0 Å². The number of nitrogens with one attached hydrogen (secondary N) is 2. The highest BCUT2D eigenvalue weighted by Gasteiger charge is 2.48. The molecule has 4 heterocycles. The zero-order valence-corrected chi connectivity index (χ0v) is 22.9. The van der Waals surface area contributed by atoms with Crippen molar-refractivity contribution in [2.75, 3.05) is 29.9 Å². The van der Waals surface area contributed by atoms with Gasteiger partial charge in [0, 0.05) is 30.5 Å². The fraction of sp³-hybridized carbons (Fsp3) is 0.481. The quantitative estimate of drug-likeness (QED) is 0.585. The SMILES string of the molecule is S.[C-]#[N+][C@@H]1CCCN1c1nc(C)nc(NC2=NCC3=C2CN(C(=O)NC2CC2c2ccccc2)C3(C)C)n1. The van der Waals surface area contributed by atoms with Gasteiger partial charge in [0.05, 0.1) is 18.6 Å². The summed E-state index contributed by atoms with van der Waals surface area (Å²) in [7, 11) is 0. The van der Waals surface area contributed by atoms with Crippen LogP contribution in [0.3, 0.4) is 0 Å². The van der Waals surface area contributed by atoms with E-state index in [2.05, 4.69) is 56.4 Å². The summed E-state index contributed by atoms with van der Waals surface area (Å²) in [5.41, 5.74) is 2.99. The molecule has 10 nitrogen and oxygen atoms in total. The zero-order chi connectivity index (χ0) is 25.7. The number of amides is 2. The van der Waals surface area contributed by atoms with Crippen LogP contribution in [0.25, 0.3) is 4.85 Å². The monoisotopic (exact) mass is 531 g/mol. The number of amidine groups is 1. The first-order valence-electron chi connectivity index (χ1n) is 12.9. The molecule has 0 radical (unpaired) electrons. The van der Waals surface area contributed by atoms with E-state index in [1.165, 1.54) is 5.56 Å². The van der Waals surface area contributed by atoms with Crippen molar-refractivity contribution in [3.8, 4) is 0 Å². The number of hydrogen-bond acceptors (Lipinski definition) is 7. The van der Waals surface area contributed by atoms with Gasteiger partial charge in [0.1, 0.15) is 11.7 Å². The van der Waals surface area contributed by atoms with Gasteiger partial charge in [-0.1, -0.05) is 30.3 Å². The minimum Gasteiger partial charge on any atom is -0.335 e. The normalized spacial score (nSPS) is 24.9. The molecule has 2 aromatic rings. The minimum absolute atomic E-state index is 0. The molecular weight excluding hydrogens is 498 g/mol. The summed E-state index contributed by atoms with van der Waals surface area (Å²) in [6, 6.07) is 10.5. The van der Waals surface area contributed by atoms with Gasteiger partial charge in [-0.05, 0) is 44.7 Å². The van der Waals surface area contributed by atoms with Crippen LogP contribution in [0.4, 0.5) is 16.7 Å². The van der Waals surface area contributed by atoms with Crippen molar-refractivity contribution in [1.29, 1.82) is 0 Å². The van der Waals surface area contributed by atoms with Crippen LogP contribution in [0.1, 0.15) is 50.4 Å². The molecule has 198 valence electrons. The van der Waals surface area contributed by atoms with Crippen molar-refractivity contribution in [3.63, 3.8) is 0 Å². The summed E-state index contributed by atoms with van der Waals surface area (Å²) in [5, 5.41) is 6.54. The number of rotatable bonds is 4. The average molecular weight is 532 g/mol. The van der Waals surface area contributed by atoms with Crippen molar-refractivity contribution in [3.05, 3.63) is 64.3 Å². The molecule has 2 N–H and O–H groups in total. The van der Waals surface area contributed by atoms with Gasteiger partial charge < -0.3 is 15.5 Å². The molecule has 2 fully saturated rings. The highest BCUT2D eigenvalue weighted by Crippen LogP contribution is 2.42. The highest BCUT2D eigenvalue weighted by molar-refractivity contribution is 7.59. The van der Waals surface area contributed by atoms with Gasteiger partial charge in [-0.25, -0.2) is 11.4 Å². The van der Waals surface area contributed by atoms with Gasteiger partial charge >= 0.3 is 12.2 Å². The number of aliphatic imine (C=N–C) groups is 1. The van der Waals surface area contributed by atoms with Gasteiger partial charge in [0.2, 0.25) is 11.9 Å². The summed E-state index contributed by atoms with van der Waals surface area (Å²) in [6.45, 7) is 15.2. The summed E-state index contributed by atoms with van der Waals surface area (Å²) in [4.78, 5) is 39.2. The van der Waals surface area contributed by atoms with Crippen LogP contribution in [-0.4, -0.2) is 69.1 Å². The Morgan fingerprint density at radius 1 is 1.18 bits per heavy atom. The number of aryl methyl sites for hydroxylation is 1. The Labute approximate surface area is 229 Å². The fourth-order valence-corrected chi connectivity index (χ4v) is 5.72. The number of benzene rings is 1. The second-order valence-corrected chi connectivity index (χ2v) is 10.7. The maximum atomic E-state index is 13.3. The first-order valence-corrected chi connectivity index (χ1v) is 12.9. The lowest BCUT2D eigenvalue weighted by molar-refractivity contribution is 0.170. The van der Waals surface area contributed by atoms with Gasteiger partial charge in [0.25, 0.3) is 0 Å². The molecule has 3 atom stereocenters. The number of hydrogen-bond donors (Lipinski definition) is 2. The van der Waals surface area contributed by atoms with Crippen LogP contribution in [0.2, 0.25) is 0 Å². The standard InChI is InChI=1S/C27H31N9O.H2S/c1-16-30-24(34-25(31-16)35-12-8-11-22(35)28-4)33-23-19-15-36(27(2,3)20(19)14-29-23)26(37)32-21-13-18(21)17-9-6-5-7-10-17;/h5-7,9-10,18,21-22H,8,11-15H2,1-3H3,(H,32,37)(H,29,30,31,33,34);1H2/t18?,21?,22-;/m0./s1. The van der Waals surface area contributed by atoms with Crippen molar-refractivity contribution in [2.24, 2.45) is 4.99 Å². The van der Waals surface area contributed by atoms with Crippen LogP contribution >= 0.6 is 13.5 Å². The Hall–Kier alpha value is -3.65. The number of anilines is 2. The van der Waals surface area contributed by atoms with Crippen molar-refractivity contribution < 1.29 is 4.79 Å². The van der Waals surface area contributed by atoms with E-state index in [4.69, 9.17) is 11.6 Å². The van der Waals surface area contributed by atoms with Crippen LogP contribution in [0, 0.1) is 13.5 Å². The number of carbonyl (C=O) groups is 1. The Bertz CT molecular complexity index is 1350. The maximum Gasteiger partial charge on any atom is 0.318 e. The summed E-state index contributed by atoms with van der Waals surface area (Å²) < 4.78 is 0. The minimum atomic E-state index is -0.442. The summed E-state index contributed by atoms with van der Waals surface area (Å²) in [6.07, 6.45) is 2.50. The molecule has 6 rings (SSSR count). The molecule has 1 aromatic carbocycles. The molecule has 4 aliphatic rings. The molecule has 1 aliphatic carbocycles. The molecule has 38 heavy (non-hydrogen) atoms. The number of carbonyl (C=O) groups excluding carboxylic acids is 1. The second-order valence-electron chi connectivity index (χ2n) is 10.7. The highest BCUT2D eigenvalue weighted by atomic mass is 32.1. The fourth-order valence-electron chi connectivity index (χ4n) is 5.72. The number of urea groups is 1. The Morgan fingerprint density at radius 3 is 2.74 bits per heavy atom. The molecular formula is C27H33N9OS. The van der Waals surface area contributed by atoms with Crippen LogP contribution in [0.15, 0.2) is 46.5 Å². The van der Waals surface area contributed by atoms with Gasteiger partial charge in [0.15, 0.2) is 0 Å². The van der Waals surface area contributed by atoms with Crippen molar-refractivity contribution >= 4 is 37.3 Å². The van der Waals surface area contributed by atoms with Crippen LogP contribution in [-0.2, 0) is 0 Å². The topological polar surface area (TPSA) is 103 Å². The average Bonchev–Trinajstić information content (AvgIpc) is 3.19.